The smallest absolute Gasteiger partial charge is 0.274 e. The van der Waals surface area contributed by atoms with Crippen LogP contribution in [0.5, 0.6) is 0 Å². The average Bonchev–Trinajstić information content (AvgIpc) is 1.56. The zero-order valence-electron chi connectivity index (χ0n) is 8.23. The SMILES string of the molecule is CN(C)[Si](C)(C)O[Si](C)(C)Cl. The van der Waals surface area contributed by atoms with Gasteiger partial charge in [0.05, 0.1) is 0 Å². The van der Waals surface area contributed by atoms with Crippen LogP contribution in [0, 0.1) is 0 Å². The Morgan fingerprint density at radius 3 is 1.55 bits per heavy atom. The fourth-order valence-electron chi connectivity index (χ4n) is 0.685. The highest BCUT2D eigenvalue weighted by Crippen LogP contribution is 2.18. The molecule has 0 aromatic rings. The first-order chi connectivity index (χ1) is 4.65. The third kappa shape index (κ3) is 4.97. The largest absolute Gasteiger partial charge is 0.433 e. The normalized spacial score (nSPS) is 14.2. The molecule has 0 atom stereocenters. The van der Waals surface area contributed by atoms with E-state index in [9.17, 15) is 0 Å². The minimum atomic E-state index is -1.86. The minimum Gasteiger partial charge on any atom is -0.433 e. The van der Waals surface area contributed by atoms with E-state index >= 15 is 0 Å². The Hall–Kier alpha value is 0.644. The Kier molecular flexibility index (Phi) is 3.78. The number of rotatable bonds is 3. The van der Waals surface area contributed by atoms with Gasteiger partial charge in [0.25, 0.3) is 16.1 Å². The summed E-state index contributed by atoms with van der Waals surface area (Å²) in [4.78, 5) is 0. The second-order valence-electron chi connectivity index (χ2n) is 3.81. The molecule has 0 heterocycles. The molecule has 11 heavy (non-hydrogen) atoms. The van der Waals surface area contributed by atoms with E-state index in [1.54, 1.807) is 0 Å². The first kappa shape index (κ1) is 11.6. The van der Waals surface area contributed by atoms with Crippen LogP contribution in [0.3, 0.4) is 0 Å². The van der Waals surface area contributed by atoms with Crippen LogP contribution >= 0.6 is 11.1 Å². The first-order valence-electron chi connectivity index (χ1n) is 3.72. The van der Waals surface area contributed by atoms with E-state index in [0.717, 1.165) is 0 Å². The van der Waals surface area contributed by atoms with Gasteiger partial charge in [-0.05, 0) is 40.3 Å². The van der Waals surface area contributed by atoms with Crippen molar-refractivity contribution in [3.05, 3.63) is 0 Å². The highest BCUT2D eigenvalue weighted by molar-refractivity contribution is 7.17. The molecule has 0 aromatic carbocycles. The second kappa shape index (κ2) is 3.57. The molecule has 5 heteroatoms. The van der Waals surface area contributed by atoms with Crippen molar-refractivity contribution in [1.82, 2.24) is 4.57 Å². The summed E-state index contributed by atoms with van der Waals surface area (Å²) in [5.41, 5.74) is 0. The van der Waals surface area contributed by atoms with E-state index in [1.165, 1.54) is 0 Å². The molecule has 0 aromatic heterocycles. The van der Waals surface area contributed by atoms with Crippen LogP contribution in [0.4, 0.5) is 0 Å². The standard InChI is InChI=1S/C6H18ClNOSi2/c1-8(2)11(5,6)9-10(3,4)7/h1-6H3. The number of hydrogen-bond acceptors (Lipinski definition) is 2. The van der Waals surface area contributed by atoms with Gasteiger partial charge < -0.3 is 8.68 Å². The summed E-state index contributed by atoms with van der Waals surface area (Å²) < 4.78 is 8.01. The van der Waals surface area contributed by atoms with E-state index in [1.807, 2.05) is 27.2 Å². The molecule has 0 unspecified atom stereocenters. The van der Waals surface area contributed by atoms with Crippen LogP contribution in [0.25, 0.3) is 0 Å². The Morgan fingerprint density at radius 1 is 1.09 bits per heavy atom. The summed E-state index contributed by atoms with van der Waals surface area (Å²) >= 11 is 6.09. The minimum absolute atomic E-state index is 1.65. The lowest BCUT2D eigenvalue weighted by atomic mass is 11.3. The monoisotopic (exact) mass is 211 g/mol. The molecule has 2 nitrogen and oxygen atoms in total. The average molecular weight is 212 g/mol. The molecule has 0 aliphatic carbocycles. The lowest BCUT2D eigenvalue weighted by Gasteiger charge is -2.34. The Morgan fingerprint density at radius 2 is 1.45 bits per heavy atom. The molecular weight excluding hydrogens is 194 g/mol. The van der Waals surface area contributed by atoms with Gasteiger partial charge in [0.2, 0.25) is 0 Å². The molecule has 0 N–H and O–H groups in total. The highest BCUT2D eigenvalue weighted by Gasteiger charge is 2.33. The predicted molar refractivity (Wildman–Crippen MR) is 55.6 cm³/mol. The van der Waals surface area contributed by atoms with Crippen LogP contribution in [-0.4, -0.2) is 34.8 Å². The summed E-state index contributed by atoms with van der Waals surface area (Å²) in [7, 11) is 0.574. The zero-order valence-corrected chi connectivity index (χ0v) is 11.0. The van der Waals surface area contributed by atoms with Gasteiger partial charge in [-0.3, -0.25) is 0 Å². The topological polar surface area (TPSA) is 12.5 Å². The van der Waals surface area contributed by atoms with E-state index in [-0.39, 0.29) is 0 Å². The number of hydrogen-bond donors (Lipinski definition) is 0. The zero-order chi connectivity index (χ0) is 9.28. The van der Waals surface area contributed by atoms with Crippen molar-refractivity contribution in [3.8, 4) is 0 Å². The van der Waals surface area contributed by atoms with Gasteiger partial charge in [0, 0.05) is 0 Å². The molecule has 0 amide bonds. The Labute approximate surface area is 76.5 Å². The van der Waals surface area contributed by atoms with Crippen molar-refractivity contribution < 1.29 is 4.12 Å². The van der Waals surface area contributed by atoms with E-state index in [0.29, 0.717) is 0 Å². The molecular formula is C6H18ClNOSi2. The van der Waals surface area contributed by atoms with Crippen LogP contribution < -0.4 is 0 Å². The maximum Gasteiger partial charge on any atom is 0.274 e. The third-order valence-corrected chi connectivity index (χ3v) is 8.36. The van der Waals surface area contributed by atoms with Gasteiger partial charge in [0.1, 0.15) is 0 Å². The number of nitrogens with zero attached hydrogens (tertiary/aromatic N) is 1. The van der Waals surface area contributed by atoms with Crippen molar-refractivity contribution in [2.75, 3.05) is 14.1 Å². The highest BCUT2D eigenvalue weighted by atomic mass is 35.6. The van der Waals surface area contributed by atoms with Crippen LogP contribution in [0.2, 0.25) is 26.2 Å². The van der Waals surface area contributed by atoms with Gasteiger partial charge in [-0.15, -0.1) is 11.1 Å². The fraction of sp³-hybridized carbons (Fsp3) is 1.00. The molecule has 0 radical (unpaired) electrons. The van der Waals surface area contributed by atoms with Crippen molar-refractivity contribution in [2.45, 2.75) is 26.2 Å². The van der Waals surface area contributed by atoms with Crippen LogP contribution in [0.15, 0.2) is 0 Å². The van der Waals surface area contributed by atoms with Gasteiger partial charge in [-0.25, -0.2) is 0 Å². The molecule has 0 aliphatic rings. The molecule has 0 rings (SSSR count). The van der Waals surface area contributed by atoms with E-state index in [2.05, 4.69) is 17.7 Å². The Balaban J connectivity index is 4.13. The van der Waals surface area contributed by atoms with Crippen molar-refractivity contribution in [2.24, 2.45) is 0 Å². The fourth-order valence-corrected chi connectivity index (χ4v) is 7.87. The van der Waals surface area contributed by atoms with Gasteiger partial charge in [-0.1, -0.05) is 0 Å². The van der Waals surface area contributed by atoms with Crippen LogP contribution in [-0.2, 0) is 4.12 Å². The summed E-state index contributed by atoms with van der Waals surface area (Å²) in [6.07, 6.45) is 0. The quantitative estimate of drug-likeness (QED) is 0.525. The lowest BCUT2D eigenvalue weighted by Crippen LogP contribution is -2.51. The third-order valence-electron chi connectivity index (χ3n) is 1.57. The molecule has 0 saturated carbocycles. The molecule has 0 aliphatic heterocycles. The molecule has 0 saturated heterocycles. The van der Waals surface area contributed by atoms with E-state index in [4.69, 9.17) is 15.2 Å². The van der Waals surface area contributed by atoms with Crippen molar-refractivity contribution in [1.29, 1.82) is 0 Å². The maximum absolute atomic E-state index is 6.09. The first-order valence-corrected chi connectivity index (χ1v) is 10.5. The summed E-state index contributed by atoms with van der Waals surface area (Å²) in [6.45, 7) is 8.33. The number of halogens is 1. The predicted octanol–water partition coefficient (Wildman–Crippen LogP) is 2.21. The lowest BCUT2D eigenvalue weighted by molar-refractivity contribution is 0.450. The van der Waals surface area contributed by atoms with E-state index < -0.39 is 16.1 Å². The second-order valence-corrected chi connectivity index (χ2v) is 13.9. The molecule has 68 valence electrons. The van der Waals surface area contributed by atoms with Crippen molar-refractivity contribution in [3.63, 3.8) is 0 Å². The Bertz CT molecular complexity index is 133. The van der Waals surface area contributed by atoms with Gasteiger partial charge in [-0.2, -0.15) is 0 Å². The maximum atomic E-state index is 6.09. The van der Waals surface area contributed by atoms with Gasteiger partial charge in [0.15, 0.2) is 0 Å². The summed E-state index contributed by atoms with van der Waals surface area (Å²) in [6, 6.07) is 0. The molecule has 0 bridgehead atoms. The summed E-state index contributed by atoms with van der Waals surface area (Å²) in [5, 5.41) is 0. The van der Waals surface area contributed by atoms with Crippen molar-refractivity contribution >= 4 is 27.2 Å². The molecule has 0 spiro atoms. The molecule has 0 fully saturated rings. The summed E-state index contributed by atoms with van der Waals surface area (Å²) in [5.74, 6) is 0. The van der Waals surface area contributed by atoms with Gasteiger partial charge >= 0.3 is 0 Å². The van der Waals surface area contributed by atoms with Crippen LogP contribution in [0.1, 0.15) is 0 Å².